The Kier molecular flexibility index (Phi) is 92.5. The number of allylic oxidation sites excluding steroid dienone is 3. The number of unbranched alkanes of at least 4 members (excludes halogenated alkanes) is 94. The van der Waals surface area contributed by atoms with Crippen LogP contribution < -0.4 is 0 Å². The van der Waals surface area contributed by atoms with E-state index in [0.717, 1.165) is 128 Å². The first-order chi connectivity index (χ1) is 66.5. The highest BCUT2D eigenvalue weighted by Gasteiger charge is 2.36. The normalized spacial score (nSPS) is 12.3. The van der Waals surface area contributed by atoms with Crippen LogP contribution in [-0.2, 0) is 0 Å². The van der Waals surface area contributed by atoms with E-state index in [1.165, 1.54) is 576 Å². The third kappa shape index (κ3) is 76.4. The van der Waals surface area contributed by atoms with Gasteiger partial charge in [-0.1, -0.05) is 673 Å². The third-order valence-corrected chi connectivity index (χ3v) is 29.7. The predicted octanol–water partition coefficient (Wildman–Crippen LogP) is 45.7. The summed E-state index contributed by atoms with van der Waals surface area (Å²) in [5.74, 6) is 40.2. The Labute approximate surface area is 840 Å². The van der Waals surface area contributed by atoms with Crippen LogP contribution in [-0.4, -0.2) is 10.4 Å². The monoisotopic (exact) mass is 1840 g/mol. The molecule has 766 valence electrons. The maximum absolute atomic E-state index is 10.6. The van der Waals surface area contributed by atoms with Gasteiger partial charge in [-0.2, -0.15) is 0 Å². The smallest absolute Gasteiger partial charge is 0.215 e. The lowest BCUT2D eigenvalue weighted by Crippen LogP contribution is -2.12. The summed E-state index contributed by atoms with van der Waals surface area (Å²) in [4.78, 5) is 0. The first-order valence-corrected chi connectivity index (χ1v) is 61.6. The van der Waals surface area contributed by atoms with Gasteiger partial charge in [0, 0.05) is 64.6 Å². The van der Waals surface area contributed by atoms with E-state index in [0.29, 0.717) is 0 Å². The molecule has 0 saturated carbocycles. The van der Waals surface area contributed by atoms with E-state index in [1.54, 1.807) is 0 Å². The van der Waals surface area contributed by atoms with Gasteiger partial charge >= 0.3 is 0 Å². The highest BCUT2D eigenvalue weighted by atomic mass is 15.3. The second kappa shape index (κ2) is 100. The van der Waals surface area contributed by atoms with Crippen molar-refractivity contribution in [1.29, 1.82) is 0 Å². The minimum atomic E-state index is 0.918. The molecule has 3 rings (SSSR count). The number of rotatable bonds is 99. The number of benzene rings is 2. The van der Waals surface area contributed by atoms with E-state index in [4.69, 9.17) is 0 Å². The molecule has 0 amide bonds. The van der Waals surface area contributed by atoms with E-state index in [2.05, 4.69) is 131 Å². The summed E-state index contributed by atoms with van der Waals surface area (Å²) in [6.07, 6.45) is 141. The fraction of sp³-hybridized carbons (Fsp3) is 0.811. The maximum Gasteiger partial charge on any atom is 0.215 e. The summed E-state index contributed by atoms with van der Waals surface area (Å²) >= 11 is 0. The Bertz CT molecular complexity index is 3090. The molecule has 0 aliphatic carbocycles. The number of hydrogen-bond donors (Lipinski definition) is 0. The van der Waals surface area contributed by atoms with Crippen molar-refractivity contribution in [3.63, 3.8) is 0 Å². The van der Waals surface area contributed by atoms with Gasteiger partial charge in [-0.05, 0) is 81.3 Å². The highest BCUT2D eigenvalue weighted by molar-refractivity contribution is 6.16. The fourth-order valence-electron chi connectivity index (χ4n) is 20.8. The summed E-state index contributed by atoms with van der Waals surface area (Å²) in [6.45, 7) is 13.9. The molecule has 0 spiro atoms. The van der Waals surface area contributed by atoms with Crippen molar-refractivity contribution in [2.45, 2.75) is 690 Å². The van der Waals surface area contributed by atoms with Crippen LogP contribution in [0.25, 0.3) is 11.5 Å². The SMILES string of the molecule is CCCC=C1C(CCCC)=C(c2cc(C#CCCCCCCCCCCCCCCCCCCCCCCCCC)cc(C#CCCCCCCCCCCCCCCCCCCCCCCCCC)c2)[N+]([NH-])=C1c1cc(C#CCCCCCCCCCCCCCCCCCCCCCCCCC)cc(C#CCCCCCCCCCCCCCCCCCCCCCCCCC)c1. The number of hydrogen-bond acceptors (Lipinski definition) is 0. The van der Waals surface area contributed by atoms with Gasteiger partial charge in [-0.15, -0.1) is 0 Å². The zero-order chi connectivity index (χ0) is 95.4. The van der Waals surface area contributed by atoms with Crippen LogP contribution >= 0.6 is 0 Å². The van der Waals surface area contributed by atoms with Gasteiger partial charge < -0.3 is 5.84 Å². The summed E-state index contributed by atoms with van der Waals surface area (Å²) < 4.78 is 1.82. The molecular formula is C132H228N2. The van der Waals surface area contributed by atoms with Crippen molar-refractivity contribution < 1.29 is 4.68 Å². The van der Waals surface area contributed by atoms with Crippen LogP contribution in [0.1, 0.15) is 723 Å². The van der Waals surface area contributed by atoms with Crippen LogP contribution in [0.15, 0.2) is 53.6 Å². The quantitative estimate of drug-likeness (QED) is 0.0359. The van der Waals surface area contributed by atoms with Gasteiger partial charge in [0.15, 0.2) is 0 Å². The molecule has 2 heteroatoms. The van der Waals surface area contributed by atoms with Gasteiger partial charge in [0.25, 0.3) is 0 Å². The van der Waals surface area contributed by atoms with Crippen molar-refractivity contribution in [2.75, 3.05) is 0 Å². The largest absolute Gasteiger partial charge is 0.448 e. The summed E-state index contributed by atoms with van der Waals surface area (Å²) in [5.41, 5.74) is 10.7. The molecule has 0 radical (unpaired) electrons. The Balaban J connectivity index is 1.73. The van der Waals surface area contributed by atoms with Crippen LogP contribution in [0.5, 0.6) is 0 Å². The van der Waals surface area contributed by atoms with E-state index in [-0.39, 0.29) is 0 Å². The van der Waals surface area contributed by atoms with Crippen LogP contribution in [0.2, 0.25) is 0 Å². The van der Waals surface area contributed by atoms with Gasteiger partial charge in [-0.25, -0.2) is 4.68 Å². The van der Waals surface area contributed by atoms with Gasteiger partial charge in [0.05, 0.1) is 5.57 Å². The zero-order valence-corrected chi connectivity index (χ0v) is 91.4. The van der Waals surface area contributed by atoms with Gasteiger partial charge in [0.1, 0.15) is 0 Å². The topological polar surface area (TPSA) is 26.8 Å². The Morgan fingerprint density at radius 3 is 0.530 bits per heavy atom. The van der Waals surface area contributed by atoms with Crippen molar-refractivity contribution in [2.24, 2.45) is 0 Å². The van der Waals surface area contributed by atoms with Crippen molar-refractivity contribution in [3.8, 4) is 47.4 Å². The molecule has 1 heterocycles. The maximum atomic E-state index is 10.6. The zero-order valence-electron chi connectivity index (χ0n) is 91.4. The molecule has 2 nitrogen and oxygen atoms in total. The van der Waals surface area contributed by atoms with Crippen molar-refractivity contribution >= 4 is 11.4 Å². The van der Waals surface area contributed by atoms with Crippen LogP contribution in [0, 0.1) is 47.4 Å². The summed E-state index contributed by atoms with van der Waals surface area (Å²) in [5, 5.41) is 0. The fourth-order valence-corrected chi connectivity index (χ4v) is 20.8. The standard InChI is InChI=1S/C132H228N2/c1-7-13-19-23-27-31-35-39-43-47-51-55-59-63-67-71-75-79-83-87-91-95-99-103-107-111-123-117-124(112-108-104-100-96-92-88-84-80-76-72-68-64-60-56-52-48-44-40-36-32-28-24-20-14-8-2)120-127(119-123)131-129(115-17-11-5)130(116-18-12-6)132(134(131)133)128-121-125(113-109-105-101-97-93-89-85-81-77-73-69-65-61-57-53-49-45-41-37-33-29-25-21-15-9-3)118-126(122-128)114-110-106-102-98-94-90-86-82-78-74-70-66-62-58-54-50-46-42-38-34-30-26-22-16-10-4/h115,117-122,133H,7-106,116H2,1-6H3. The molecule has 0 bridgehead atoms. The molecule has 2 aromatic rings. The molecule has 134 heavy (non-hydrogen) atoms. The minimum Gasteiger partial charge on any atom is -0.448 e. The molecule has 0 saturated heterocycles. The molecule has 2 aromatic carbocycles. The molecule has 1 aliphatic heterocycles. The Morgan fingerprint density at radius 1 is 0.194 bits per heavy atom. The summed E-state index contributed by atoms with van der Waals surface area (Å²) in [6, 6.07) is 13.7. The molecule has 1 aliphatic rings. The predicted molar refractivity (Wildman–Crippen MR) is 604 cm³/mol. The molecule has 0 aromatic heterocycles. The Hall–Kier alpha value is -4.37. The summed E-state index contributed by atoms with van der Waals surface area (Å²) in [7, 11) is 0. The Morgan fingerprint density at radius 2 is 0.358 bits per heavy atom. The second-order valence-electron chi connectivity index (χ2n) is 42.9. The average molecular weight is 1840 g/mol. The van der Waals surface area contributed by atoms with Crippen LogP contribution in [0.3, 0.4) is 0 Å². The van der Waals surface area contributed by atoms with Gasteiger partial charge in [-0.3, -0.25) is 0 Å². The van der Waals surface area contributed by atoms with E-state index < -0.39 is 0 Å². The lowest BCUT2D eigenvalue weighted by molar-refractivity contribution is -0.347. The minimum absolute atomic E-state index is 0.918. The van der Waals surface area contributed by atoms with E-state index in [1.807, 2.05) is 4.68 Å². The number of nitrogens with zero attached hydrogens (tertiary/aromatic N) is 1. The molecule has 0 unspecified atom stereocenters. The molecule has 0 atom stereocenters. The van der Waals surface area contributed by atoms with Crippen molar-refractivity contribution in [3.05, 3.63) is 92.8 Å². The van der Waals surface area contributed by atoms with Gasteiger partial charge in [0.2, 0.25) is 11.4 Å². The third-order valence-electron chi connectivity index (χ3n) is 29.7. The van der Waals surface area contributed by atoms with Crippen LogP contribution in [0.4, 0.5) is 0 Å². The first-order valence-electron chi connectivity index (χ1n) is 61.6. The van der Waals surface area contributed by atoms with E-state index in [9.17, 15) is 5.84 Å². The lowest BCUT2D eigenvalue weighted by Gasteiger charge is -2.10. The molecule has 1 N–H and O–H groups in total. The molecular weight excluding hydrogens is 1610 g/mol. The van der Waals surface area contributed by atoms with Crippen molar-refractivity contribution in [1.82, 2.24) is 0 Å². The first kappa shape index (κ1) is 124. The lowest BCUT2D eigenvalue weighted by atomic mass is 9.90. The average Bonchev–Trinajstić information content (AvgIpc) is 1.60. The van der Waals surface area contributed by atoms with E-state index >= 15 is 0 Å². The molecule has 0 fully saturated rings. The highest BCUT2D eigenvalue weighted by Crippen LogP contribution is 2.40. The number of nitrogens with one attached hydrogen (secondary N) is 1. The second-order valence-corrected chi connectivity index (χ2v) is 42.9.